The molecule has 0 bridgehead atoms. The van der Waals surface area contributed by atoms with Crippen LogP contribution >= 0.6 is 23.1 Å². The fourth-order valence-corrected chi connectivity index (χ4v) is 6.65. The molecule has 7 nitrogen and oxygen atoms in total. The summed E-state index contributed by atoms with van der Waals surface area (Å²) in [7, 11) is 0. The number of ketones is 1. The molecule has 1 N–H and O–H groups in total. The van der Waals surface area contributed by atoms with Gasteiger partial charge in [0.2, 0.25) is 5.13 Å². The van der Waals surface area contributed by atoms with E-state index >= 15 is 4.39 Å². The SMILES string of the molecule is CC1Cc2cc(C(O)=C3C(=O)C(=O)N(c4nnc(SCc5ccc(F)cc5)s4)C3c3ccccc3F)ccc2O1. The van der Waals surface area contributed by atoms with Gasteiger partial charge in [-0.05, 0) is 54.4 Å². The molecule has 0 aliphatic carbocycles. The molecular formula is C29H21F2N3O4S2. The number of aliphatic hydroxyl groups excluding tert-OH is 1. The predicted molar refractivity (Wildman–Crippen MR) is 147 cm³/mol. The Morgan fingerprint density at radius 1 is 1.10 bits per heavy atom. The second-order valence-electron chi connectivity index (χ2n) is 9.41. The highest BCUT2D eigenvalue weighted by Crippen LogP contribution is 2.45. The summed E-state index contributed by atoms with van der Waals surface area (Å²) in [5.41, 5.74) is 1.85. The number of amides is 1. The molecule has 2 atom stereocenters. The highest BCUT2D eigenvalue weighted by Gasteiger charge is 2.49. The highest BCUT2D eigenvalue weighted by atomic mass is 32.2. The number of fused-ring (bicyclic) bond motifs is 1. The second-order valence-corrected chi connectivity index (χ2v) is 11.6. The maximum absolute atomic E-state index is 15.2. The van der Waals surface area contributed by atoms with E-state index in [4.69, 9.17) is 4.74 Å². The van der Waals surface area contributed by atoms with Gasteiger partial charge in [-0.15, -0.1) is 10.2 Å². The molecule has 1 amide bonds. The Balaban J connectivity index is 1.39. The summed E-state index contributed by atoms with van der Waals surface area (Å²) in [5.74, 6) is -2.12. The van der Waals surface area contributed by atoms with Gasteiger partial charge in [0.25, 0.3) is 5.78 Å². The molecule has 202 valence electrons. The van der Waals surface area contributed by atoms with Crippen LogP contribution in [0.3, 0.4) is 0 Å². The summed E-state index contributed by atoms with van der Waals surface area (Å²) in [5, 5.41) is 19.7. The normalized spacial score (nSPS) is 19.6. The summed E-state index contributed by atoms with van der Waals surface area (Å²) < 4.78 is 34.6. The molecule has 4 aromatic rings. The molecule has 0 spiro atoms. The first kappa shape index (κ1) is 26.1. The first-order valence-electron chi connectivity index (χ1n) is 12.4. The fourth-order valence-electron chi connectivity index (χ4n) is 4.83. The van der Waals surface area contributed by atoms with Gasteiger partial charge in [0, 0.05) is 23.3 Å². The number of hydrogen-bond acceptors (Lipinski definition) is 8. The zero-order valence-electron chi connectivity index (χ0n) is 21.0. The van der Waals surface area contributed by atoms with Crippen LogP contribution in [0.15, 0.2) is 76.6 Å². The number of rotatable bonds is 6. The van der Waals surface area contributed by atoms with Gasteiger partial charge in [0.1, 0.15) is 35.3 Å². The first-order valence-corrected chi connectivity index (χ1v) is 14.2. The lowest BCUT2D eigenvalue weighted by molar-refractivity contribution is -0.132. The predicted octanol–water partition coefficient (Wildman–Crippen LogP) is 6.06. The number of thioether (sulfide) groups is 1. The summed E-state index contributed by atoms with van der Waals surface area (Å²) in [4.78, 5) is 27.9. The second kappa shape index (κ2) is 10.5. The Labute approximate surface area is 236 Å². The van der Waals surface area contributed by atoms with Crippen molar-refractivity contribution in [3.8, 4) is 5.75 Å². The van der Waals surface area contributed by atoms with Crippen LogP contribution in [0.25, 0.3) is 5.76 Å². The van der Waals surface area contributed by atoms with E-state index in [9.17, 15) is 19.1 Å². The highest BCUT2D eigenvalue weighted by molar-refractivity contribution is 8.00. The van der Waals surface area contributed by atoms with E-state index in [1.165, 1.54) is 42.1 Å². The van der Waals surface area contributed by atoms with E-state index in [0.29, 0.717) is 27.8 Å². The monoisotopic (exact) mass is 577 g/mol. The van der Waals surface area contributed by atoms with Crippen molar-refractivity contribution in [3.05, 3.63) is 106 Å². The van der Waals surface area contributed by atoms with Gasteiger partial charge in [-0.25, -0.2) is 8.78 Å². The van der Waals surface area contributed by atoms with Crippen molar-refractivity contribution >= 4 is 45.7 Å². The maximum atomic E-state index is 15.2. The number of carbonyl (C=O) groups is 2. The molecule has 1 aromatic heterocycles. The van der Waals surface area contributed by atoms with Crippen LogP contribution in [0.2, 0.25) is 0 Å². The Morgan fingerprint density at radius 2 is 1.88 bits per heavy atom. The zero-order valence-corrected chi connectivity index (χ0v) is 22.6. The number of anilines is 1. The minimum atomic E-state index is -1.26. The Hall–Kier alpha value is -4.09. The van der Waals surface area contributed by atoms with Gasteiger partial charge in [-0.2, -0.15) is 0 Å². The van der Waals surface area contributed by atoms with Crippen molar-refractivity contribution in [2.24, 2.45) is 0 Å². The van der Waals surface area contributed by atoms with Crippen molar-refractivity contribution in [2.45, 2.75) is 35.6 Å². The van der Waals surface area contributed by atoms with Crippen molar-refractivity contribution < 1.29 is 28.2 Å². The van der Waals surface area contributed by atoms with Gasteiger partial charge < -0.3 is 9.84 Å². The van der Waals surface area contributed by atoms with E-state index in [0.717, 1.165) is 27.4 Å². The van der Waals surface area contributed by atoms with Crippen LogP contribution in [0.1, 0.15) is 35.2 Å². The molecule has 40 heavy (non-hydrogen) atoms. The van der Waals surface area contributed by atoms with Crippen molar-refractivity contribution in [3.63, 3.8) is 0 Å². The minimum absolute atomic E-state index is 0.0242. The van der Waals surface area contributed by atoms with Crippen LogP contribution in [0, 0.1) is 11.6 Å². The number of ether oxygens (including phenoxy) is 1. The number of halogens is 2. The van der Waals surface area contributed by atoms with E-state index in [-0.39, 0.29) is 28.2 Å². The van der Waals surface area contributed by atoms with Gasteiger partial charge in [0.15, 0.2) is 4.34 Å². The Kier molecular flexibility index (Phi) is 6.85. The average molecular weight is 578 g/mol. The molecule has 1 fully saturated rings. The molecule has 11 heteroatoms. The number of aliphatic hydroxyl groups is 1. The largest absolute Gasteiger partial charge is 0.507 e. The van der Waals surface area contributed by atoms with Crippen LogP contribution < -0.4 is 9.64 Å². The molecule has 2 aliphatic heterocycles. The standard InChI is InChI=1S/C29H21F2N3O4S2/c1-15-12-18-13-17(8-11-22(18)38-15)25(35)23-24(20-4-2-3-5-21(20)31)34(27(37)26(23)36)28-32-33-29(40-28)39-14-16-6-9-19(30)10-7-16/h2-11,13,15,24,35H,12,14H2,1H3. The number of benzene rings is 3. The summed E-state index contributed by atoms with van der Waals surface area (Å²) in [6, 6.07) is 15.6. The molecule has 3 aromatic carbocycles. The smallest absolute Gasteiger partial charge is 0.301 e. The van der Waals surface area contributed by atoms with E-state index in [2.05, 4.69) is 10.2 Å². The van der Waals surface area contributed by atoms with E-state index in [1.807, 2.05) is 6.92 Å². The summed E-state index contributed by atoms with van der Waals surface area (Å²) >= 11 is 2.39. The third-order valence-electron chi connectivity index (χ3n) is 6.69. The van der Waals surface area contributed by atoms with Crippen LogP contribution in [0.4, 0.5) is 13.9 Å². The third kappa shape index (κ3) is 4.75. The summed E-state index contributed by atoms with van der Waals surface area (Å²) in [6.07, 6.45) is 0.605. The lowest BCUT2D eigenvalue weighted by atomic mass is 9.94. The minimum Gasteiger partial charge on any atom is -0.507 e. The van der Waals surface area contributed by atoms with Crippen LogP contribution in [0.5, 0.6) is 5.75 Å². The number of carbonyl (C=O) groups excluding carboxylic acids is 2. The molecule has 2 unspecified atom stereocenters. The molecule has 6 rings (SSSR count). The van der Waals surface area contributed by atoms with Crippen molar-refractivity contribution in [1.29, 1.82) is 0 Å². The lowest BCUT2D eigenvalue weighted by Gasteiger charge is -2.22. The zero-order chi connectivity index (χ0) is 28.0. The molecule has 2 aliphatic rings. The third-order valence-corrected chi connectivity index (χ3v) is 8.82. The van der Waals surface area contributed by atoms with Crippen molar-refractivity contribution in [1.82, 2.24) is 10.2 Å². The van der Waals surface area contributed by atoms with Crippen LogP contribution in [-0.4, -0.2) is 33.1 Å². The quantitative estimate of drug-likeness (QED) is 0.0980. The summed E-state index contributed by atoms with van der Waals surface area (Å²) in [6.45, 7) is 1.93. The van der Waals surface area contributed by atoms with Gasteiger partial charge >= 0.3 is 5.91 Å². The average Bonchev–Trinajstić information content (AvgIpc) is 3.63. The molecule has 3 heterocycles. The molecule has 0 saturated carbocycles. The number of hydrogen-bond donors (Lipinski definition) is 1. The maximum Gasteiger partial charge on any atom is 0.301 e. The van der Waals surface area contributed by atoms with E-state index < -0.39 is 29.3 Å². The molecule has 0 radical (unpaired) electrons. The van der Waals surface area contributed by atoms with Crippen LogP contribution in [-0.2, 0) is 21.8 Å². The first-order chi connectivity index (χ1) is 19.3. The lowest BCUT2D eigenvalue weighted by Crippen LogP contribution is -2.29. The Morgan fingerprint density at radius 3 is 2.65 bits per heavy atom. The number of nitrogens with zero attached hydrogens (tertiary/aromatic N) is 3. The molecular weight excluding hydrogens is 556 g/mol. The van der Waals surface area contributed by atoms with Gasteiger partial charge in [0.05, 0.1) is 5.57 Å². The van der Waals surface area contributed by atoms with Gasteiger partial charge in [-0.3, -0.25) is 14.5 Å². The number of aromatic nitrogens is 2. The fraction of sp³-hybridized carbons (Fsp3) is 0.172. The topological polar surface area (TPSA) is 92.6 Å². The van der Waals surface area contributed by atoms with Crippen molar-refractivity contribution in [2.75, 3.05) is 4.90 Å². The Bertz CT molecular complexity index is 1670. The molecule has 1 saturated heterocycles. The van der Waals surface area contributed by atoms with Gasteiger partial charge in [-0.1, -0.05) is 53.4 Å². The van der Waals surface area contributed by atoms with E-state index in [1.54, 1.807) is 36.4 Å². The number of Topliss-reactive ketones (excluding diaryl/α,β-unsaturated/α-hetero) is 1.